The van der Waals surface area contributed by atoms with Crippen molar-refractivity contribution in [1.29, 1.82) is 0 Å². The molecule has 7 heteroatoms. The molecule has 104 valence electrons. The lowest BCUT2D eigenvalue weighted by Crippen LogP contribution is -2.39. The van der Waals surface area contributed by atoms with Crippen LogP contribution in [0.4, 0.5) is 0 Å². The molecular weight excluding hydrogens is 248 g/mol. The molecule has 19 heavy (non-hydrogen) atoms. The number of nitrogens with zero attached hydrogens (tertiary/aromatic N) is 4. The molecule has 0 aromatic carbocycles. The minimum absolute atomic E-state index is 0.0494. The molecule has 2 aromatic rings. The first-order valence-corrected chi connectivity index (χ1v) is 5.81. The molecule has 0 unspecified atom stereocenters. The maximum atomic E-state index is 12.5. The van der Waals surface area contributed by atoms with E-state index >= 15 is 0 Å². The highest BCUT2D eigenvalue weighted by Gasteiger charge is 2.14. The molecule has 0 radical (unpaired) electrons. The third kappa shape index (κ3) is 2.33. The van der Waals surface area contributed by atoms with Gasteiger partial charge in [-0.05, 0) is 19.2 Å². The first-order chi connectivity index (χ1) is 10.6. The van der Waals surface area contributed by atoms with Crippen molar-refractivity contribution in [3.05, 3.63) is 27.1 Å². The second kappa shape index (κ2) is 5.40. The number of aryl methyl sites for hydroxylation is 2. The van der Waals surface area contributed by atoms with Crippen LogP contribution in [0.15, 0.2) is 15.9 Å². The van der Waals surface area contributed by atoms with E-state index in [-0.39, 0.29) is 36.9 Å². The smallest absolute Gasteiger partial charge is 0.332 e. The van der Waals surface area contributed by atoms with Gasteiger partial charge in [0, 0.05) is 30.0 Å². The van der Waals surface area contributed by atoms with Crippen molar-refractivity contribution in [2.75, 3.05) is 6.58 Å². The number of rotatable bonds is 5. The second-order valence-corrected chi connectivity index (χ2v) is 4.18. The van der Waals surface area contributed by atoms with Gasteiger partial charge in [-0.25, -0.2) is 9.78 Å². The van der Waals surface area contributed by atoms with Gasteiger partial charge in [-0.3, -0.25) is 13.9 Å². The van der Waals surface area contributed by atoms with Crippen LogP contribution < -0.4 is 11.2 Å². The Labute approximate surface area is 115 Å². The monoisotopic (exact) mass is 270 g/mol. The highest BCUT2D eigenvalue weighted by Crippen LogP contribution is 2.03. The molecule has 7 nitrogen and oxygen atoms in total. The van der Waals surface area contributed by atoms with Crippen molar-refractivity contribution in [3.63, 3.8) is 0 Å². The molecule has 2 rings (SSSR count). The molecule has 0 amide bonds. The summed E-state index contributed by atoms with van der Waals surface area (Å²) >= 11 is 0. The van der Waals surface area contributed by atoms with E-state index in [1.807, 2.05) is 0 Å². The van der Waals surface area contributed by atoms with Gasteiger partial charge in [0.15, 0.2) is 11.2 Å². The standard InChI is InChI=1S/C12H18N4O3/c1-14-8-13-10-9(14)11(18)16(12(19)15(10)2)6-4-3-5-7-17/h8,17H,3-7H2,1-2H3/i5D2,7D,8D/t7-/m0/s1. The first kappa shape index (κ1) is 9.08. The zero-order valence-electron chi connectivity index (χ0n) is 14.8. The summed E-state index contributed by atoms with van der Waals surface area (Å²) in [5.41, 5.74) is -0.947. The molecule has 2 heterocycles. The van der Waals surface area contributed by atoms with Crippen LogP contribution in [0.5, 0.6) is 0 Å². The lowest BCUT2D eigenvalue weighted by Gasteiger charge is -2.08. The van der Waals surface area contributed by atoms with Gasteiger partial charge in [0.25, 0.3) is 5.56 Å². The summed E-state index contributed by atoms with van der Waals surface area (Å²) < 4.78 is 33.0. The number of hydrogen-bond donors (Lipinski definition) is 1. The Morgan fingerprint density at radius 2 is 2.16 bits per heavy atom. The number of aliphatic hydroxyl groups excluding tert-OH is 1. The number of fused-ring (bicyclic) bond motifs is 1. The fraction of sp³-hybridized carbons (Fsp3) is 0.583. The average molecular weight is 270 g/mol. The largest absolute Gasteiger partial charge is 0.396 e. The molecule has 0 saturated heterocycles. The van der Waals surface area contributed by atoms with Crippen molar-refractivity contribution >= 4 is 11.2 Å². The summed E-state index contributed by atoms with van der Waals surface area (Å²) in [4.78, 5) is 28.6. The highest BCUT2D eigenvalue weighted by atomic mass is 16.3. The molecule has 0 saturated carbocycles. The summed E-state index contributed by atoms with van der Waals surface area (Å²) in [7, 11) is 2.95. The Morgan fingerprint density at radius 3 is 2.84 bits per heavy atom. The Kier molecular flexibility index (Phi) is 2.58. The third-order valence-electron chi connectivity index (χ3n) is 2.93. The van der Waals surface area contributed by atoms with Crippen molar-refractivity contribution in [2.24, 2.45) is 14.1 Å². The number of aliphatic hydroxyl groups is 1. The highest BCUT2D eigenvalue weighted by molar-refractivity contribution is 5.69. The Hall–Kier alpha value is -1.89. The van der Waals surface area contributed by atoms with Crippen LogP contribution in [0.3, 0.4) is 0 Å². The lowest BCUT2D eigenvalue weighted by atomic mass is 10.2. The Morgan fingerprint density at radius 1 is 1.42 bits per heavy atom. The van der Waals surface area contributed by atoms with E-state index in [1.165, 1.54) is 23.2 Å². The molecule has 0 spiro atoms. The predicted molar refractivity (Wildman–Crippen MR) is 71.2 cm³/mol. The molecule has 0 bridgehead atoms. The number of hydrogen-bond acceptors (Lipinski definition) is 4. The van der Waals surface area contributed by atoms with E-state index < -0.39 is 24.2 Å². The first-order valence-electron chi connectivity index (χ1n) is 7.89. The molecular formula is C12H18N4O3. The Balaban J connectivity index is 2.41. The summed E-state index contributed by atoms with van der Waals surface area (Å²) in [6.45, 7) is -1.93. The van der Waals surface area contributed by atoms with E-state index in [0.29, 0.717) is 0 Å². The van der Waals surface area contributed by atoms with Gasteiger partial charge in [-0.15, -0.1) is 0 Å². The molecule has 2 aromatic heterocycles. The van der Waals surface area contributed by atoms with Gasteiger partial charge in [0.05, 0.1) is 7.67 Å². The van der Waals surface area contributed by atoms with Crippen molar-refractivity contribution in [3.8, 4) is 0 Å². The minimum atomic E-state index is -2.11. The van der Waals surface area contributed by atoms with Crippen molar-refractivity contribution in [2.45, 2.75) is 25.8 Å². The quantitative estimate of drug-likeness (QED) is 0.801. The topological polar surface area (TPSA) is 82.1 Å². The Bertz CT molecular complexity index is 853. The third-order valence-corrected chi connectivity index (χ3v) is 2.93. The molecule has 0 aliphatic rings. The SMILES string of the molecule is [2H]c1nc2c(c(=O)n(CCCC([2H])([2H])[C@H]([2H])O)c(=O)n2C)n1C. The van der Waals surface area contributed by atoms with Gasteiger partial charge in [-0.2, -0.15) is 0 Å². The summed E-state index contributed by atoms with van der Waals surface area (Å²) in [6.07, 6.45) is -2.31. The summed E-state index contributed by atoms with van der Waals surface area (Å²) in [6, 6.07) is 0. The maximum absolute atomic E-state index is 12.5. The fourth-order valence-corrected chi connectivity index (χ4v) is 1.94. The number of imidazole rings is 1. The van der Waals surface area contributed by atoms with Crippen LogP contribution in [0, 0.1) is 0 Å². The van der Waals surface area contributed by atoms with E-state index in [4.69, 9.17) is 10.6 Å². The van der Waals surface area contributed by atoms with E-state index in [9.17, 15) is 9.59 Å². The molecule has 1 atom stereocenters. The van der Waals surface area contributed by atoms with E-state index in [2.05, 4.69) is 4.98 Å². The zero-order chi connectivity index (χ0) is 17.5. The second-order valence-electron chi connectivity index (χ2n) is 4.18. The number of aromatic nitrogens is 4. The molecule has 0 aliphatic carbocycles. The van der Waals surface area contributed by atoms with Gasteiger partial charge in [-0.1, -0.05) is 0 Å². The van der Waals surface area contributed by atoms with Gasteiger partial charge in [0.2, 0.25) is 0 Å². The van der Waals surface area contributed by atoms with Crippen LogP contribution in [0.1, 0.15) is 24.7 Å². The van der Waals surface area contributed by atoms with Crippen molar-refractivity contribution < 1.29 is 10.6 Å². The van der Waals surface area contributed by atoms with Crippen molar-refractivity contribution in [1.82, 2.24) is 18.7 Å². The van der Waals surface area contributed by atoms with Crippen LogP contribution >= 0.6 is 0 Å². The van der Waals surface area contributed by atoms with Crippen LogP contribution in [-0.4, -0.2) is 30.4 Å². The van der Waals surface area contributed by atoms with Crippen LogP contribution in [0.2, 0.25) is 0 Å². The molecule has 1 N–H and O–H groups in total. The molecule has 0 aliphatic heterocycles. The fourth-order valence-electron chi connectivity index (χ4n) is 1.94. The minimum Gasteiger partial charge on any atom is -0.396 e. The van der Waals surface area contributed by atoms with Gasteiger partial charge < -0.3 is 9.67 Å². The van der Waals surface area contributed by atoms with Gasteiger partial charge in [0.1, 0.15) is 1.37 Å². The van der Waals surface area contributed by atoms with Gasteiger partial charge >= 0.3 is 5.69 Å². The summed E-state index contributed by atoms with van der Waals surface area (Å²) in [5, 5.41) is 9.04. The van der Waals surface area contributed by atoms with E-state index in [0.717, 1.165) is 4.57 Å². The predicted octanol–water partition coefficient (Wildman–Crippen LogP) is -0.404. The lowest BCUT2D eigenvalue weighted by molar-refractivity contribution is 0.281. The average Bonchev–Trinajstić information content (AvgIpc) is 2.76. The van der Waals surface area contributed by atoms with Crippen LogP contribution in [-0.2, 0) is 20.6 Å². The maximum Gasteiger partial charge on any atom is 0.332 e. The normalized spacial score (nSPS) is 16.8. The van der Waals surface area contributed by atoms with Crippen LogP contribution in [0.25, 0.3) is 11.2 Å². The zero-order valence-corrected chi connectivity index (χ0v) is 10.8. The molecule has 0 fully saturated rings. The summed E-state index contributed by atoms with van der Waals surface area (Å²) in [5.74, 6) is 0. The van der Waals surface area contributed by atoms with E-state index in [1.54, 1.807) is 0 Å².